The number of likely N-dealkylation sites (N-methyl/N-ethyl adjacent to an activating group) is 1. The Morgan fingerprint density at radius 1 is 1.14 bits per heavy atom. The summed E-state index contributed by atoms with van der Waals surface area (Å²) >= 11 is 0. The topological polar surface area (TPSA) is 146 Å². The molecule has 1 aliphatic rings. The monoisotopic (exact) mass is 611 g/mol. The number of hydrogen-bond acceptors (Lipinski definition) is 8. The van der Waals surface area contributed by atoms with Crippen molar-refractivity contribution in [1.82, 2.24) is 9.80 Å². The van der Waals surface area contributed by atoms with Crippen LogP contribution in [0.4, 0.5) is 5.69 Å². The van der Waals surface area contributed by atoms with Gasteiger partial charge in [0.05, 0.1) is 41.5 Å². The lowest BCUT2D eigenvalue weighted by Gasteiger charge is -2.38. The van der Waals surface area contributed by atoms with E-state index in [1.54, 1.807) is 66.4 Å². The van der Waals surface area contributed by atoms with Crippen LogP contribution in [0.25, 0.3) is 0 Å². The summed E-state index contributed by atoms with van der Waals surface area (Å²) in [6.45, 7) is 4.69. The summed E-state index contributed by atoms with van der Waals surface area (Å²) in [6, 6.07) is 16.8. The van der Waals surface area contributed by atoms with Crippen molar-refractivity contribution < 1.29 is 37.7 Å². The zero-order valence-electron chi connectivity index (χ0n) is 24.6. The van der Waals surface area contributed by atoms with Gasteiger partial charge in [0.15, 0.2) is 5.75 Å². The van der Waals surface area contributed by atoms with Crippen LogP contribution in [0.5, 0.6) is 11.5 Å². The molecule has 0 bridgehead atoms. The predicted octanol–water partition coefficient (Wildman–Crippen LogP) is 3.55. The van der Waals surface area contributed by atoms with Crippen LogP contribution >= 0.6 is 0 Å². The Kier molecular flexibility index (Phi) is 9.95. The number of nitrogens with zero attached hydrogens (tertiary/aromatic N) is 2. The number of hydrogen-bond donors (Lipinski definition) is 3. The molecule has 1 aliphatic heterocycles. The Balaban J connectivity index is 1.67. The molecule has 0 saturated carbocycles. The number of nitrogens with one attached hydrogen (secondary N) is 1. The molecule has 0 unspecified atom stereocenters. The first kappa shape index (κ1) is 31.8. The lowest BCUT2D eigenvalue weighted by atomic mass is 9.99. The number of rotatable bonds is 11. The van der Waals surface area contributed by atoms with E-state index in [1.807, 2.05) is 18.9 Å². The number of methoxy groups -OCH3 is 1. The first-order valence-electron chi connectivity index (χ1n) is 13.8. The van der Waals surface area contributed by atoms with Gasteiger partial charge in [0.1, 0.15) is 11.9 Å². The van der Waals surface area contributed by atoms with Gasteiger partial charge in [0.2, 0.25) is 0 Å². The molecule has 3 atom stereocenters. The van der Waals surface area contributed by atoms with Crippen molar-refractivity contribution in [2.75, 3.05) is 38.6 Å². The number of aromatic carboxylic acids is 1. The molecule has 3 aromatic carbocycles. The Labute approximate surface area is 251 Å². The van der Waals surface area contributed by atoms with Crippen molar-refractivity contribution in [2.45, 2.75) is 37.4 Å². The van der Waals surface area contributed by atoms with Crippen LogP contribution in [-0.4, -0.2) is 86.3 Å². The van der Waals surface area contributed by atoms with E-state index in [2.05, 4.69) is 4.72 Å². The van der Waals surface area contributed by atoms with E-state index < -0.39 is 28.1 Å². The van der Waals surface area contributed by atoms with Crippen LogP contribution in [0, 0.1) is 5.92 Å². The van der Waals surface area contributed by atoms with Gasteiger partial charge in [-0.05, 0) is 68.1 Å². The predicted molar refractivity (Wildman–Crippen MR) is 161 cm³/mol. The molecule has 1 heterocycles. The first-order chi connectivity index (χ1) is 20.4. The van der Waals surface area contributed by atoms with Crippen molar-refractivity contribution in [2.24, 2.45) is 5.92 Å². The van der Waals surface area contributed by atoms with Crippen LogP contribution in [0.1, 0.15) is 40.1 Å². The second-order valence-electron chi connectivity index (χ2n) is 10.8. The third-order valence-electron chi connectivity index (χ3n) is 7.45. The number of amides is 1. The molecule has 1 amide bonds. The minimum Gasteiger partial charge on any atom is -0.497 e. The van der Waals surface area contributed by atoms with Crippen molar-refractivity contribution in [3.63, 3.8) is 0 Å². The quantitative estimate of drug-likeness (QED) is 0.296. The van der Waals surface area contributed by atoms with Crippen molar-refractivity contribution in [1.29, 1.82) is 0 Å². The minimum atomic E-state index is -4.05. The fourth-order valence-corrected chi connectivity index (χ4v) is 6.00. The van der Waals surface area contributed by atoms with Crippen molar-refractivity contribution in [3.8, 4) is 11.5 Å². The van der Waals surface area contributed by atoms with Crippen LogP contribution in [0.15, 0.2) is 71.6 Å². The highest BCUT2D eigenvalue weighted by Gasteiger charge is 2.35. The van der Waals surface area contributed by atoms with Gasteiger partial charge in [-0.15, -0.1) is 0 Å². The molecule has 43 heavy (non-hydrogen) atoms. The molecule has 0 saturated heterocycles. The van der Waals surface area contributed by atoms with Crippen LogP contribution in [0.2, 0.25) is 0 Å². The lowest BCUT2D eigenvalue weighted by molar-refractivity contribution is 0.0343. The maximum Gasteiger partial charge on any atom is 0.335 e. The fourth-order valence-electron chi connectivity index (χ4n) is 4.94. The molecule has 3 aromatic rings. The van der Waals surface area contributed by atoms with E-state index in [9.17, 15) is 28.2 Å². The highest BCUT2D eigenvalue weighted by atomic mass is 32.2. The molecule has 230 valence electrons. The van der Waals surface area contributed by atoms with Gasteiger partial charge >= 0.3 is 5.97 Å². The minimum absolute atomic E-state index is 0.0113. The number of anilines is 1. The molecule has 0 radical (unpaired) electrons. The highest BCUT2D eigenvalue weighted by Crippen LogP contribution is 2.36. The Hall–Kier alpha value is -4.13. The summed E-state index contributed by atoms with van der Waals surface area (Å²) in [5, 5.41) is 19.1. The fraction of sp³-hybridized carbons (Fsp3) is 0.355. The summed E-state index contributed by atoms with van der Waals surface area (Å²) in [5.41, 5.74) is 1.40. The van der Waals surface area contributed by atoms with Gasteiger partial charge in [0.25, 0.3) is 15.9 Å². The molecule has 0 aromatic heterocycles. The van der Waals surface area contributed by atoms with Crippen molar-refractivity contribution in [3.05, 3.63) is 83.4 Å². The second-order valence-corrected chi connectivity index (χ2v) is 12.5. The number of aliphatic hydroxyl groups is 1. The van der Waals surface area contributed by atoms with E-state index in [4.69, 9.17) is 9.47 Å². The molecule has 3 N–H and O–H groups in total. The van der Waals surface area contributed by atoms with E-state index in [1.165, 1.54) is 19.2 Å². The standard InChI is InChI=1S/C31H37N3O8S/c1-20-16-34(21(2)19-35)30(36)26-6-5-7-27(32-43(39,40)25-14-12-24(41-4)13-15-25)29(26)42-28(20)18-33(3)17-22-8-10-23(11-9-22)31(37)38/h5-15,20-21,28,32,35H,16-19H2,1-4H3,(H,37,38)/t20-,21+,28-/m1/s1. The summed E-state index contributed by atoms with van der Waals surface area (Å²) in [7, 11) is -0.662. The summed E-state index contributed by atoms with van der Waals surface area (Å²) < 4.78 is 40.9. The van der Waals surface area contributed by atoms with Crippen LogP contribution < -0.4 is 14.2 Å². The maximum atomic E-state index is 13.7. The largest absolute Gasteiger partial charge is 0.497 e. The van der Waals surface area contributed by atoms with E-state index in [-0.39, 0.29) is 45.9 Å². The number of ether oxygens (including phenoxy) is 2. The molecule has 4 rings (SSSR count). The van der Waals surface area contributed by atoms with Gasteiger partial charge in [0, 0.05) is 25.6 Å². The van der Waals surface area contributed by atoms with E-state index >= 15 is 0 Å². The Morgan fingerprint density at radius 3 is 2.42 bits per heavy atom. The number of fused-ring (bicyclic) bond motifs is 1. The van der Waals surface area contributed by atoms with Gasteiger partial charge in [-0.25, -0.2) is 13.2 Å². The first-order valence-corrected chi connectivity index (χ1v) is 15.3. The number of sulfonamides is 1. The molecule has 12 heteroatoms. The lowest BCUT2D eigenvalue weighted by Crippen LogP contribution is -2.49. The van der Waals surface area contributed by atoms with Crippen LogP contribution in [-0.2, 0) is 16.6 Å². The number of carbonyl (C=O) groups is 2. The SMILES string of the molecule is COc1ccc(S(=O)(=O)Nc2cccc3c2O[C@H](CN(C)Cc2ccc(C(=O)O)cc2)[C@H](C)CN([C@@H](C)CO)C3=O)cc1. The Morgan fingerprint density at radius 2 is 1.81 bits per heavy atom. The number of aliphatic hydroxyl groups excluding tert-OH is 1. The van der Waals surface area contributed by atoms with Crippen molar-refractivity contribution >= 4 is 27.6 Å². The number of carboxylic acids is 1. The number of para-hydroxylation sites is 1. The van der Waals surface area contributed by atoms with E-state index in [0.717, 1.165) is 5.56 Å². The smallest absolute Gasteiger partial charge is 0.335 e. The van der Waals surface area contributed by atoms with Gasteiger partial charge < -0.3 is 24.6 Å². The highest BCUT2D eigenvalue weighted by molar-refractivity contribution is 7.92. The third kappa shape index (κ3) is 7.45. The Bertz CT molecular complexity index is 1540. The van der Waals surface area contributed by atoms with Gasteiger partial charge in [-0.1, -0.05) is 25.1 Å². The molecule has 0 fully saturated rings. The molecular formula is C31H37N3O8S. The summed E-state index contributed by atoms with van der Waals surface area (Å²) in [6.07, 6.45) is -0.477. The van der Waals surface area contributed by atoms with E-state index in [0.29, 0.717) is 25.4 Å². The average Bonchev–Trinajstić information content (AvgIpc) is 2.99. The number of carbonyl (C=O) groups excluding carboxylic acids is 1. The van der Waals surface area contributed by atoms with Gasteiger partial charge in [-0.3, -0.25) is 14.4 Å². The molecular weight excluding hydrogens is 574 g/mol. The molecule has 0 spiro atoms. The maximum absolute atomic E-state index is 13.7. The van der Waals surface area contributed by atoms with Crippen LogP contribution in [0.3, 0.4) is 0 Å². The zero-order valence-corrected chi connectivity index (χ0v) is 25.4. The normalized spacial score (nSPS) is 17.8. The number of carboxylic acid groups (broad SMARTS) is 1. The molecule has 11 nitrogen and oxygen atoms in total. The summed E-state index contributed by atoms with van der Waals surface area (Å²) in [5.74, 6) is -0.955. The second kappa shape index (κ2) is 13.4. The average molecular weight is 612 g/mol. The molecule has 0 aliphatic carbocycles. The number of benzene rings is 3. The third-order valence-corrected chi connectivity index (χ3v) is 8.83. The summed E-state index contributed by atoms with van der Waals surface area (Å²) in [4.78, 5) is 28.6. The van der Waals surface area contributed by atoms with Gasteiger partial charge in [-0.2, -0.15) is 0 Å². The zero-order chi connectivity index (χ0) is 31.3.